The minimum atomic E-state index is -4.52. The topological polar surface area (TPSA) is 29.1 Å². The molecule has 2 aromatic rings. The van der Waals surface area contributed by atoms with Crippen LogP contribution in [0.15, 0.2) is 47.4 Å². The normalized spacial score (nSPS) is 12.1. The van der Waals surface area contributed by atoms with Crippen LogP contribution < -0.4 is 5.32 Å². The first-order chi connectivity index (χ1) is 11.5. The van der Waals surface area contributed by atoms with E-state index in [9.17, 15) is 18.0 Å². The number of amides is 1. The number of aryl methyl sites for hydroxylation is 1. The molecule has 0 aromatic heterocycles. The number of hydrogen-bond donors (Lipinski definition) is 1. The van der Waals surface area contributed by atoms with Gasteiger partial charge in [-0.15, -0.1) is 0 Å². The monoisotopic (exact) mass is 367 g/mol. The Kier molecular flexibility index (Phi) is 5.52. The van der Waals surface area contributed by atoms with Gasteiger partial charge in [0.1, 0.15) is 0 Å². The van der Waals surface area contributed by atoms with Gasteiger partial charge in [-0.2, -0.15) is 13.2 Å². The zero-order chi connectivity index (χ0) is 18.8. The largest absolute Gasteiger partial charge is 0.418 e. The molecule has 0 unspecified atom stereocenters. The van der Waals surface area contributed by atoms with Crippen LogP contribution >= 0.6 is 11.8 Å². The molecular weight excluding hydrogens is 347 g/mol. The first-order valence-corrected chi connectivity index (χ1v) is 8.56. The number of hydrogen-bond acceptors (Lipinski definition) is 2. The highest BCUT2D eigenvalue weighted by molar-refractivity contribution is 8.14. The number of carbonyl (C=O) groups is 1. The maximum absolute atomic E-state index is 13.0. The molecule has 0 saturated carbocycles. The van der Waals surface area contributed by atoms with Crippen molar-refractivity contribution in [1.29, 1.82) is 0 Å². The number of benzene rings is 2. The van der Waals surface area contributed by atoms with Crippen molar-refractivity contribution in [3.05, 3.63) is 59.2 Å². The Balaban J connectivity index is 2.17. The lowest BCUT2D eigenvalue weighted by molar-refractivity contribution is -0.136. The van der Waals surface area contributed by atoms with Crippen molar-refractivity contribution in [2.24, 2.45) is 0 Å². The molecule has 1 N–H and O–H groups in total. The van der Waals surface area contributed by atoms with Crippen molar-refractivity contribution in [1.82, 2.24) is 0 Å². The number of nitrogens with one attached hydrogen (secondary N) is 1. The Bertz CT molecular complexity index is 779. The number of anilines is 1. The van der Waals surface area contributed by atoms with Gasteiger partial charge in [0, 0.05) is 4.90 Å². The van der Waals surface area contributed by atoms with E-state index in [0.29, 0.717) is 0 Å². The van der Waals surface area contributed by atoms with Crippen LogP contribution in [0.5, 0.6) is 0 Å². The van der Waals surface area contributed by atoms with E-state index in [2.05, 4.69) is 26.1 Å². The summed E-state index contributed by atoms with van der Waals surface area (Å²) in [7, 11) is 0. The van der Waals surface area contributed by atoms with Crippen LogP contribution in [0.4, 0.5) is 23.7 Å². The molecule has 0 atom stereocenters. The molecule has 2 rings (SSSR count). The van der Waals surface area contributed by atoms with Gasteiger partial charge in [0.05, 0.1) is 11.3 Å². The van der Waals surface area contributed by atoms with Crippen LogP contribution in [0.1, 0.15) is 37.5 Å². The van der Waals surface area contributed by atoms with Crippen LogP contribution in [-0.2, 0) is 11.6 Å². The third kappa shape index (κ3) is 5.01. The van der Waals surface area contributed by atoms with E-state index in [-0.39, 0.29) is 11.1 Å². The Labute approximate surface area is 149 Å². The second-order valence-corrected chi connectivity index (χ2v) is 7.80. The summed E-state index contributed by atoms with van der Waals surface area (Å²) in [5.41, 5.74) is 0.941. The first kappa shape index (κ1) is 19.4. The standard InChI is InChI=1S/C19H20F3NOS/c1-12-11-13(18(2,3)4)9-10-16(12)25-17(24)23-15-8-6-5-7-14(15)19(20,21)22/h5-11H,1-4H3,(H,23,24). The lowest BCUT2D eigenvalue weighted by Crippen LogP contribution is -2.13. The summed E-state index contributed by atoms with van der Waals surface area (Å²) in [5.74, 6) is 0. The minimum absolute atomic E-state index is 0.0120. The van der Waals surface area contributed by atoms with Crippen molar-refractivity contribution in [3.63, 3.8) is 0 Å². The Hall–Kier alpha value is -1.95. The summed E-state index contributed by atoms with van der Waals surface area (Å²) in [5, 5.41) is 1.79. The lowest BCUT2D eigenvalue weighted by atomic mass is 9.86. The van der Waals surface area contributed by atoms with Gasteiger partial charge in [0.25, 0.3) is 5.24 Å². The fourth-order valence-corrected chi connectivity index (χ4v) is 3.02. The second kappa shape index (κ2) is 7.12. The summed E-state index contributed by atoms with van der Waals surface area (Å²) in [6.45, 7) is 8.16. The predicted molar refractivity (Wildman–Crippen MR) is 96.2 cm³/mol. The third-order valence-electron chi connectivity index (χ3n) is 3.71. The molecule has 0 spiro atoms. The van der Waals surface area contributed by atoms with Crippen molar-refractivity contribution in [2.75, 3.05) is 5.32 Å². The minimum Gasteiger partial charge on any atom is -0.316 e. The Morgan fingerprint density at radius 2 is 1.68 bits per heavy atom. The van der Waals surface area contributed by atoms with E-state index in [1.165, 1.54) is 18.2 Å². The predicted octanol–water partition coefficient (Wildman–Crippen LogP) is 6.64. The molecule has 0 aliphatic heterocycles. The van der Waals surface area contributed by atoms with Gasteiger partial charge in [-0.05, 0) is 53.4 Å². The van der Waals surface area contributed by atoms with Gasteiger partial charge in [0.15, 0.2) is 0 Å². The molecule has 0 aliphatic carbocycles. The molecule has 0 saturated heterocycles. The summed E-state index contributed by atoms with van der Waals surface area (Å²) in [6.07, 6.45) is -4.52. The number of para-hydroxylation sites is 1. The second-order valence-electron chi connectivity index (χ2n) is 6.79. The van der Waals surface area contributed by atoms with Crippen LogP contribution in [0.2, 0.25) is 0 Å². The Morgan fingerprint density at radius 3 is 2.24 bits per heavy atom. The first-order valence-electron chi connectivity index (χ1n) is 7.74. The van der Waals surface area contributed by atoms with Crippen molar-refractivity contribution < 1.29 is 18.0 Å². The average Bonchev–Trinajstić information content (AvgIpc) is 2.47. The molecule has 2 aromatic carbocycles. The molecule has 0 aliphatic rings. The molecule has 134 valence electrons. The van der Waals surface area contributed by atoms with Gasteiger partial charge >= 0.3 is 6.18 Å². The highest BCUT2D eigenvalue weighted by Gasteiger charge is 2.33. The Morgan fingerprint density at radius 1 is 1.04 bits per heavy atom. The molecule has 0 radical (unpaired) electrons. The molecule has 0 heterocycles. The fraction of sp³-hybridized carbons (Fsp3) is 0.316. The van der Waals surface area contributed by atoms with Crippen LogP contribution in [0, 0.1) is 6.92 Å². The number of carbonyl (C=O) groups excluding carboxylic acids is 1. The summed E-state index contributed by atoms with van der Waals surface area (Å²) < 4.78 is 39.0. The number of rotatable bonds is 2. The van der Waals surface area contributed by atoms with Crippen molar-refractivity contribution in [2.45, 2.75) is 44.2 Å². The van der Waals surface area contributed by atoms with Crippen LogP contribution in [0.25, 0.3) is 0 Å². The summed E-state index contributed by atoms with van der Waals surface area (Å²) >= 11 is 0.886. The van der Waals surface area contributed by atoms with E-state index >= 15 is 0 Å². The van der Waals surface area contributed by atoms with Gasteiger partial charge in [-0.25, -0.2) is 0 Å². The highest BCUT2D eigenvalue weighted by atomic mass is 32.2. The quantitative estimate of drug-likeness (QED) is 0.603. The average molecular weight is 367 g/mol. The van der Waals surface area contributed by atoms with E-state index in [1.807, 2.05) is 25.1 Å². The maximum atomic E-state index is 13.0. The fourth-order valence-electron chi connectivity index (χ4n) is 2.31. The van der Waals surface area contributed by atoms with E-state index < -0.39 is 17.0 Å². The molecule has 0 bridgehead atoms. The van der Waals surface area contributed by atoms with E-state index in [0.717, 1.165) is 33.9 Å². The summed E-state index contributed by atoms with van der Waals surface area (Å²) in [6, 6.07) is 10.7. The SMILES string of the molecule is Cc1cc(C(C)(C)C)ccc1SC(=O)Nc1ccccc1C(F)(F)F. The smallest absolute Gasteiger partial charge is 0.316 e. The molecule has 1 amide bonds. The van der Waals surface area contributed by atoms with E-state index in [4.69, 9.17) is 0 Å². The van der Waals surface area contributed by atoms with Crippen LogP contribution in [-0.4, -0.2) is 5.24 Å². The lowest BCUT2D eigenvalue weighted by Gasteiger charge is -2.20. The van der Waals surface area contributed by atoms with Gasteiger partial charge in [0.2, 0.25) is 0 Å². The summed E-state index contributed by atoms with van der Waals surface area (Å²) in [4.78, 5) is 12.9. The van der Waals surface area contributed by atoms with E-state index in [1.54, 1.807) is 0 Å². The zero-order valence-corrected chi connectivity index (χ0v) is 15.3. The van der Waals surface area contributed by atoms with Crippen LogP contribution in [0.3, 0.4) is 0 Å². The molecule has 25 heavy (non-hydrogen) atoms. The molecule has 2 nitrogen and oxygen atoms in total. The maximum Gasteiger partial charge on any atom is 0.418 e. The number of halogens is 3. The van der Waals surface area contributed by atoms with Crippen molar-refractivity contribution in [3.8, 4) is 0 Å². The zero-order valence-electron chi connectivity index (χ0n) is 14.5. The van der Waals surface area contributed by atoms with Gasteiger partial charge in [-0.1, -0.05) is 45.0 Å². The van der Waals surface area contributed by atoms with Gasteiger partial charge in [-0.3, -0.25) is 4.79 Å². The van der Waals surface area contributed by atoms with Gasteiger partial charge < -0.3 is 5.32 Å². The highest BCUT2D eigenvalue weighted by Crippen LogP contribution is 2.36. The number of thioether (sulfide) groups is 1. The molecular formula is C19H20F3NOS. The molecule has 0 fully saturated rings. The molecule has 6 heteroatoms. The third-order valence-corrected chi connectivity index (χ3v) is 4.68. The number of alkyl halides is 3. The van der Waals surface area contributed by atoms with Crippen molar-refractivity contribution >= 4 is 22.7 Å².